The third-order valence-electron chi connectivity index (χ3n) is 1.03. The molecular formula is C7H7BrN2. The molecule has 0 saturated heterocycles. The van der Waals surface area contributed by atoms with Crippen LogP contribution < -0.4 is 5.43 Å². The molecule has 2 nitrogen and oxygen atoms in total. The Kier molecular flexibility index (Phi) is 2.45. The van der Waals surface area contributed by atoms with Crippen LogP contribution in [0.3, 0.4) is 0 Å². The van der Waals surface area contributed by atoms with E-state index in [0.29, 0.717) is 0 Å². The van der Waals surface area contributed by atoms with Crippen molar-refractivity contribution >= 4 is 22.1 Å². The van der Waals surface area contributed by atoms with Crippen molar-refractivity contribution in [1.29, 1.82) is 0 Å². The van der Waals surface area contributed by atoms with E-state index in [4.69, 9.17) is 0 Å². The minimum Gasteiger partial charge on any atom is -0.285 e. The summed E-state index contributed by atoms with van der Waals surface area (Å²) >= 11 is 3.31. The van der Waals surface area contributed by atoms with Crippen molar-refractivity contribution in [2.75, 3.05) is 0 Å². The Morgan fingerprint density at radius 1 is 1.60 bits per heavy atom. The Morgan fingerprint density at radius 2 is 2.40 bits per heavy atom. The van der Waals surface area contributed by atoms with Crippen LogP contribution in [0.2, 0.25) is 0 Å². The molecule has 0 amide bonds. The maximum atomic E-state index is 3.81. The van der Waals surface area contributed by atoms with Gasteiger partial charge in [-0.1, -0.05) is 12.7 Å². The minimum atomic E-state index is 0.917. The van der Waals surface area contributed by atoms with Gasteiger partial charge in [-0.3, -0.25) is 5.43 Å². The standard InChI is InChI=1S/C7H7BrN2/c1-6-3-2-4-9-10-5-7(6)8/h2-5,10H,1H2/b3-2-,7-5?,9-4-. The zero-order valence-electron chi connectivity index (χ0n) is 5.34. The van der Waals surface area contributed by atoms with Gasteiger partial charge in [0.1, 0.15) is 0 Å². The molecule has 1 aliphatic heterocycles. The number of hydrogen-bond acceptors (Lipinski definition) is 2. The molecule has 0 spiro atoms. The van der Waals surface area contributed by atoms with Gasteiger partial charge in [0.05, 0.1) is 0 Å². The predicted octanol–water partition coefficient (Wildman–Crippen LogP) is 1.92. The molecule has 0 aromatic heterocycles. The van der Waals surface area contributed by atoms with Gasteiger partial charge >= 0.3 is 0 Å². The van der Waals surface area contributed by atoms with Crippen LogP contribution in [0.5, 0.6) is 0 Å². The lowest BCUT2D eigenvalue weighted by molar-refractivity contribution is 0.972. The first-order valence-corrected chi connectivity index (χ1v) is 3.60. The number of halogens is 1. The highest BCUT2D eigenvalue weighted by Crippen LogP contribution is 2.15. The van der Waals surface area contributed by atoms with Crippen LogP contribution in [0.4, 0.5) is 0 Å². The molecule has 0 fully saturated rings. The number of hydrazone groups is 1. The summed E-state index contributed by atoms with van der Waals surface area (Å²) in [4.78, 5) is 0. The number of nitrogens with one attached hydrogen (secondary N) is 1. The van der Waals surface area contributed by atoms with Crippen molar-refractivity contribution in [2.24, 2.45) is 5.10 Å². The first-order chi connectivity index (χ1) is 4.80. The molecule has 0 atom stereocenters. The second-order valence-electron chi connectivity index (χ2n) is 1.78. The van der Waals surface area contributed by atoms with Gasteiger partial charge in [-0.05, 0) is 27.6 Å². The lowest BCUT2D eigenvalue weighted by atomic mass is 10.3. The van der Waals surface area contributed by atoms with Crippen molar-refractivity contribution < 1.29 is 0 Å². The second kappa shape index (κ2) is 3.37. The fourth-order valence-electron chi connectivity index (χ4n) is 0.512. The molecule has 1 rings (SSSR count). The van der Waals surface area contributed by atoms with Crippen LogP contribution in [0.15, 0.2) is 40.1 Å². The van der Waals surface area contributed by atoms with E-state index in [2.05, 4.69) is 33.0 Å². The van der Waals surface area contributed by atoms with Crippen molar-refractivity contribution in [3.05, 3.63) is 35.0 Å². The van der Waals surface area contributed by atoms with Crippen LogP contribution in [-0.2, 0) is 0 Å². The summed E-state index contributed by atoms with van der Waals surface area (Å²) in [5.74, 6) is 0. The normalized spacial score (nSPS) is 23.7. The number of allylic oxidation sites excluding steroid dienone is 4. The van der Waals surface area contributed by atoms with Gasteiger partial charge in [0, 0.05) is 16.9 Å². The Balaban J connectivity index is 2.85. The summed E-state index contributed by atoms with van der Waals surface area (Å²) in [6.45, 7) is 3.79. The van der Waals surface area contributed by atoms with E-state index < -0.39 is 0 Å². The highest BCUT2D eigenvalue weighted by molar-refractivity contribution is 9.12. The monoisotopic (exact) mass is 198 g/mol. The van der Waals surface area contributed by atoms with E-state index in [0.717, 1.165) is 10.1 Å². The van der Waals surface area contributed by atoms with Gasteiger partial charge in [-0.15, -0.1) is 0 Å². The largest absolute Gasteiger partial charge is 0.285 e. The smallest absolute Gasteiger partial charge is 0.0472 e. The van der Waals surface area contributed by atoms with Crippen LogP contribution >= 0.6 is 15.9 Å². The molecule has 0 aromatic rings. The molecule has 3 heteroatoms. The summed E-state index contributed by atoms with van der Waals surface area (Å²) in [6.07, 6.45) is 7.11. The van der Waals surface area contributed by atoms with E-state index in [-0.39, 0.29) is 0 Å². The Morgan fingerprint density at radius 3 is 3.20 bits per heavy atom. The first-order valence-electron chi connectivity index (χ1n) is 2.81. The molecule has 10 heavy (non-hydrogen) atoms. The van der Waals surface area contributed by atoms with Crippen molar-refractivity contribution in [3.63, 3.8) is 0 Å². The van der Waals surface area contributed by atoms with Crippen molar-refractivity contribution in [2.45, 2.75) is 0 Å². The van der Waals surface area contributed by atoms with E-state index in [1.54, 1.807) is 12.4 Å². The third-order valence-corrected chi connectivity index (χ3v) is 1.77. The Hall–Kier alpha value is -0.830. The molecule has 52 valence electrons. The highest BCUT2D eigenvalue weighted by atomic mass is 79.9. The van der Waals surface area contributed by atoms with Crippen molar-refractivity contribution in [3.8, 4) is 0 Å². The zero-order chi connectivity index (χ0) is 7.40. The van der Waals surface area contributed by atoms with E-state index in [1.165, 1.54) is 0 Å². The summed E-state index contributed by atoms with van der Waals surface area (Å²) in [5, 5.41) is 3.81. The molecular weight excluding hydrogens is 192 g/mol. The molecule has 1 heterocycles. The van der Waals surface area contributed by atoms with Gasteiger partial charge < -0.3 is 0 Å². The van der Waals surface area contributed by atoms with Gasteiger partial charge in [0.25, 0.3) is 0 Å². The number of nitrogens with zero attached hydrogens (tertiary/aromatic N) is 1. The molecule has 1 aliphatic rings. The molecule has 0 radical (unpaired) electrons. The van der Waals surface area contributed by atoms with Crippen LogP contribution in [0, 0.1) is 0 Å². The lowest BCUT2D eigenvalue weighted by Gasteiger charge is -1.99. The van der Waals surface area contributed by atoms with E-state index in [9.17, 15) is 0 Å². The van der Waals surface area contributed by atoms with Gasteiger partial charge in [0.2, 0.25) is 0 Å². The topological polar surface area (TPSA) is 24.4 Å². The fourth-order valence-corrected chi connectivity index (χ4v) is 0.746. The first kappa shape index (κ1) is 7.28. The minimum absolute atomic E-state index is 0.917. The third kappa shape index (κ3) is 1.84. The SMILES string of the molecule is C=C1/C=C\C=N/NC=C1Br. The quantitative estimate of drug-likeness (QED) is 0.633. The molecule has 0 unspecified atom stereocenters. The molecule has 1 N–H and O–H groups in total. The summed E-state index contributed by atoms with van der Waals surface area (Å²) in [7, 11) is 0. The predicted molar refractivity (Wildman–Crippen MR) is 46.9 cm³/mol. The van der Waals surface area contributed by atoms with Gasteiger partial charge in [0.15, 0.2) is 0 Å². The highest BCUT2D eigenvalue weighted by Gasteiger charge is 1.93. The lowest BCUT2D eigenvalue weighted by Crippen LogP contribution is -1.96. The second-order valence-corrected chi connectivity index (χ2v) is 2.64. The average Bonchev–Trinajstić information content (AvgIpc) is 1.92. The zero-order valence-corrected chi connectivity index (χ0v) is 6.93. The summed E-state index contributed by atoms with van der Waals surface area (Å²) in [6, 6.07) is 0. The van der Waals surface area contributed by atoms with Crippen LogP contribution in [0.1, 0.15) is 0 Å². The molecule has 0 aromatic carbocycles. The van der Waals surface area contributed by atoms with E-state index in [1.807, 2.05) is 12.2 Å². The van der Waals surface area contributed by atoms with Crippen LogP contribution in [0.25, 0.3) is 0 Å². The summed E-state index contributed by atoms with van der Waals surface area (Å²) < 4.78 is 0.917. The molecule has 0 saturated carbocycles. The molecule has 0 bridgehead atoms. The number of hydrogen-bond donors (Lipinski definition) is 1. The van der Waals surface area contributed by atoms with Crippen LogP contribution in [-0.4, -0.2) is 6.21 Å². The van der Waals surface area contributed by atoms with Gasteiger partial charge in [-0.25, -0.2) is 0 Å². The van der Waals surface area contributed by atoms with E-state index >= 15 is 0 Å². The maximum absolute atomic E-state index is 3.81. The average molecular weight is 199 g/mol. The molecule has 0 aliphatic carbocycles. The number of rotatable bonds is 0. The van der Waals surface area contributed by atoms with Crippen molar-refractivity contribution in [1.82, 2.24) is 5.43 Å². The Labute approximate surface area is 68.1 Å². The Bertz CT molecular complexity index is 226. The van der Waals surface area contributed by atoms with Gasteiger partial charge in [-0.2, -0.15) is 5.10 Å². The maximum Gasteiger partial charge on any atom is 0.0472 e. The fraction of sp³-hybridized carbons (Fsp3) is 0. The summed E-state index contributed by atoms with van der Waals surface area (Å²) in [5.41, 5.74) is 3.65.